The second-order valence-corrected chi connectivity index (χ2v) is 7.71. The summed E-state index contributed by atoms with van der Waals surface area (Å²) in [5.41, 5.74) is 1.86. The molecule has 2 aromatic carbocycles. The van der Waals surface area contributed by atoms with Crippen LogP contribution in [0.25, 0.3) is 0 Å². The quantitative estimate of drug-likeness (QED) is 0.781. The molecule has 0 amide bonds. The van der Waals surface area contributed by atoms with Crippen LogP contribution < -0.4 is 4.72 Å². The lowest BCUT2D eigenvalue weighted by Gasteiger charge is -2.23. The molecular weight excluding hydrogens is 330 g/mol. The topological polar surface area (TPSA) is 46.2 Å². The van der Waals surface area contributed by atoms with Crippen LogP contribution in [0.4, 0.5) is 0 Å². The van der Waals surface area contributed by atoms with Gasteiger partial charge >= 0.3 is 0 Å². The zero-order chi connectivity index (χ0) is 17.0. The summed E-state index contributed by atoms with van der Waals surface area (Å²) >= 11 is 5.91. The Morgan fingerprint density at radius 2 is 1.65 bits per heavy atom. The molecule has 0 aliphatic carbocycles. The van der Waals surface area contributed by atoms with Gasteiger partial charge in [0.2, 0.25) is 10.0 Å². The van der Waals surface area contributed by atoms with Crippen molar-refractivity contribution in [2.24, 2.45) is 5.92 Å². The lowest BCUT2D eigenvalue weighted by Crippen LogP contribution is -2.32. The summed E-state index contributed by atoms with van der Waals surface area (Å²) in [6, 6.07) is 13.5. The first kappa shape index (κ1) is 17.7. The highest BCUT2D eigenvalue weighted by Gasteiger charge is 2.24. The van der Waals surface area contributed by atoms with Gasteiger partial charge in [0.05, 0.1) is 10.9 Å². The monoisotopic (exact) mass is 349 g/mol. The molecular formula is C18H20ClNO2S. The van der Waals surface area contributed by atoms with Gasteiger partial charge in [-0.25, -0.2) is 13.1 Å². The number of nitrogens with one attached hydrogen (secondary N) is 1. The first-order valence-corrected chi connectivity index (χ1v) is 9.16. The van der Waals surface area contributed by atoms with Gasteiger partial charge in [-0.15, -0.1) is 6.58 Å². The van der Waals surface area contributed by atoms with E-state index in [4.69, 9.17) is 11.6 Å². The minimum Gasteiger partial charge on any atom is -0.207 e. The van der Waals surface area contributed by atoms with Gasteiger partial charge in [-0.3, -0.25) is 0 Å². The molecule has 3 nitrogen and oxygen atoms in total. The van der Waals surface area contributed by atoms with Crippen molar-refractivity contribution in [2.45, 2.75) is 24.8 Å². The number of rotatable bonds is 6. The Labute approximate surface area is 143 Å². The van der Waals surface area contributed by atoms with Crippen molar-refractivity contribution < 1.29 is 8.42 Å². The van der Waals surface area contributed by atoms with Gasteiger partial charge in [0.15, 0.2) is 0 Å². The fourth-order valence-corrected chi connectivity index (χ4v) is 3.68. The van der Waals surface area contributed by atoms with E-state index >= 15 is 0 Å². The Bertz CT molecular complexity index is 768. The molecule has 0 unspecified atom stereocenters. The lowest BCUT2D eigenvalue weighted by atomic mass is 9.96. The summed E-state index contributed by atoms with van der Waals surface area (Å²) in [5.74, 6) is -0.0728. The number of aryl methyl sites for hydroxylation is 1. The summed E-state index contributed by atoms with van der Waals surface area (Å²) in [5, 5.41) is 0.611. The van der Waals surface area contributed by atoms with Gasteiger partial charge < -0.3 is 0 Å². The van der Waals surface area contributed by atoms with E-state index in [2.05, 4.69) is 11.3 Å². The SMILES string of the molecule is C=C[C@H](C)[C@H](NS(=O)(=O)c1ccc(C)cc1)c1ccc(Cl)cc1. The second-order valence-electron chi connectivity index (χ2n) is 5.56. The van der Waals surface area contributed by atoms with Crippen LogP contribution in [-0.2, 0) is 10.0 Å². The molecule has 0 spiro atoms. The number of hydrogen-bond donors (Lipinski definition) is 1. The van der Waals surface area contributed by atoms with E-state index in [9.17, 15) is 8.42 Å². The standard InChI is InChI=1S/C18H20ClNO2S/c1-4-14(3)18(15-7-9-16(19)10-8-15)20-23(21,22)17-11-5-13(2)6-12-17/h4-12,14,18,20H,1H2,2-3H3/t14-,18-/m0/s1. The first-order chi connectivity index (χ1) is 10.8. The lowest BCUT2D eigenvalue weighted by molar-refractivity contribution is 0.498. The Kier molecular flexibility index (Phi) is 5.63. The molecule has 2 aromatic rings. The van der Waals surface area contributed by atoms with Gasteiger partial charge in [-0.2, -0.15) is 0 Å². The molecule has 5 heteroatoms. The van der Waals surface area contributed by atoms with E-state index in [1.54, 1.807) is 42.5 Å². The van der Waals surface area contributed by atoms with Crippen LogP contribution in [0.5, 0.6) is 0 Å². The molecule has 0 fully saturated rings. The van der Waals surface area contributed by atoms with Crippen molar-refractivity contribution in [1.82, 2.24) is 4.72 Å². The predicted octanol–water partition coefficient (Wildman–Crippen LogP) is 4.49. The van der Waals surface area contributed by atoms with Gasteiger partial charge in [0.1, 0.15) is 0 Å². The van der Waals surface area contributed by atoms with Crippen molar-refractivity contribution >= 4 is 21.6 Å². The van der Waals surface area contributed by atoms with Crippen molar-refractivity contribution in [2.75, 3.05) is 0 Å². The van der Waals surface area contributed by atoms with E-state index in [-0.39, 0.29) is 10.8 Å². The molecule has 122 valence electrons. The van der Waals surface area contributed by atoms with Crippen LogP contribution in [0.2, 0.25) is 5.02 Å². The van der Waals surface area contributed by atoms with Crippen molar-refractivity contribution in [3.8, 4) is 0 Å². The normalized spacial score (nSPS) is 14.2. The maximum atomic E-state index is 12.6. The molecule has 0 saturated carbocycles. The van der Waals surface area contributed by atoms with E-state index < -0.39 is 16.1 Å². The van der Waals surface area contributed by atoms with E-state index in [0.717, 1.165) is 11.1 Å². The van der Waals surface area contributed by atoms with E-state index in [0.29, 0.717) is 5.02 Å². The molecule has 0 bridgehead atoms. The fraction of sp³-hybridized carbons (Fsp3) is 0.222. The zero-order valence-corrected chi connectivity index (χ0v) is 14.7. The van der Waals surface area contributed by atoms with E-state index in [1.807, 2.05) is 26.0 Å². The van der Waals surface area contributed by atoms with Gasteiger partial charge in [-0.05, 0) is 42.7 Å². The first-order valence-electron chi connectivity index (χ1n) is 7.30. The number of hydrogen-bond acceptors (Lipinski definition) is 2. The van der Waals surface area contributed by atoms with Gasteiger partial charge in [0.25, 0.3) is 0 Å². The third kappa shape index (κ3) is 4.44. The highest BCUT2D eigenvalue weighted by Crippen LogP contribution is 2.26. The Balaban J connectivity index is 2.35. The van der Waals surface area contributed by atoms with E-state index in [1.165, 1.54) is 0 Å². The third-order valence-corrected chi connectivity index (χ3v) is 5.45. The Hall–Kier alpha value is -1.62. The Morgan fingerprint density at radius 3 is 2.17 bits per heavy atom. The molecule has 0 aliphatic heterocycles. The fourth-order valence-electron chi connectivity index (χ4n) is 2.24. The molecule has 0 aromatic heterocycles. The molecule has 2 atom stereocenters. The molecule has 23 heavy (non-hydrogen) atoms. The molecule has 0 aliphatic rings. The molecule has 0 radical (unpaired) electrons. The van der Waals surface area contributed by atoms with Gasteiger partial charge in [-0.1, -0.05) is 54.4 Å². The number of sulfonamides is 1. The van der Waals surface area contributed by atoms with Crippen LogP contribution >= 0.6 is 11.6 Å². The summed E-state index contributed by atoms with van der Waals surface area (Å²) in [4.78, 5) is 0.248. The summed E-state index contributed by atoms with van der Waals surface area (Å²) in [7, 11) is -3.62. The maximum absolute atomic E-state index is 12.6. The minimum absolute atomic E-state index is 0.0728. The van der Waals surface area contributed by atoms with Crippen molar-refractivity contribution in [3.05, 3.63) is 77.3 Å². The second kappa shape index (κ2) is 7.30. The highest BCUT2D eigenvalue weighted by molar-refractivity contribution is 7.89. The molecule has 0 heterocycles. The van der Waals surface area contributed by atoms with Crippen LogP contribution in [0.15, 0.2) is 66.1 Å². The van der Waals surface area contributed by atoms with Crippen LogP contribution in [0.3, 0.4) is 0 Å². The average molecular weight is 350 g/mol. The third-order valence-electron chi connectivity index (χ3n) is 3.74. The predicted molar refractivity (Wildman–Crippen MR) is 95.1 cm³/mol. The van der Waals surface area contributed by atoms with Crippen molar-refractivity contribution in [3.63, 3.8) is 0 Å². The Morgan fingerprint density at radius 1 is 1.09 bits per heavy atom. The van der Waals surface area contributed by atoms with Crippen LogP contribution in [0, 0.1) is 12.8 Å². The number of halogens is 1. The summed E-state index contributed by atoms with van der Waals surface area (Å²) < 4.78 is 28.1. The molecule has 2 rings (SSSR count). The minimum atomic E-state index is -3.62. The highest BCUT2D eigenvalue weighted by atomic mass is 35.5. The number of benzene rings is 2. The zero-order valence-electron chi connectivity index (χ0n) is 13.2. The molecule has 0 saturated heterocycles. The summed E-state index contributed by atoms with van der Waals surface area (Å²) in [6.45, 7) is 7.62. The smallest absolute Gasteiger partial charge is 0.207 e. The average Bonchev–Trinajstić information content (AvgIpc) is 2.53. The molecule has 1 N–H and O–H groups in total. The van der Waals surface area contributed by atoms with Gasteiger partial charge in [0, 0.05) is 5.02 Å². The van der Waals surface area contributed by atoms with Crippen molar-refractivity contribution in [1.29, 1.82) is 0 Å². The van der Waals surface area contributed by atoms with Crippen LogP contribution in [0.1, 0.15) is 24.1 Å². The maximum Gasteiger partial charge on any atom is 0.241 e. The summed E-state index contributed by atoms with van der Waals surface area (Å²) in [6.07, 6.45) is 1.73. The largest absolute Gasteiger partial charge is 0.241 e. The van der Waals surface area contributed by atoms with Crippen LogP contribution in [-0.4, -0.2) is 8.42 Å².